The molecule has 0 spiro atoms. The quantitative estimate of drug-likeness (QED) is 0.528. The van der Waals surface area contributed by atoms with Gasteiger partial charge in [0, 0.05) is 0 Å². The van der Waals surface area contributed by atoms with Gasteiger partial charge in [0.05, 0.1) is 0 Å². The summed E-state index contributed by atoms with van der Waals surface area (Å²) in [6.07, 6.45) is 1.14. The van der Waals surface area contributed by atoms with Crippen LogP contribution in [0.15, 0.2) is 0 Å². The van der Waals surface area contributed by atoms with Crippen LogP contribution < -0.4 is 11.5 Å². The van der Waals surface area contributed by atoms with Crippen LogP contribution in [0.1, 0.15) is 12.8 Å². The van der Waals surface area contributed by atoms with Crippen LogP contribution in [0.3, 0.4) is 0 Å². The first kappa shape index (κ1) is 12.9. The number of carboxylic acid groups (broad SMARTS) is 1. The van der Waals surface area contributed by atoms with E-state index in [1.54, 1.807) is 0 Å². The van der Waals surface area contributed by atoms with Crippen LogP contribution in [0.4, 0.5) is 0 Å². The molecule has 0 aromatic rings. The van der Waals surface area contributed by atoms with Gasteiger partial charge in [0.2, 0.25) is 0 Å². The molecule has 0 aromatic heterocycles. The topological polar surface area (TPSA) is 89.3 Å². The van der Waals surface area contributed by atoms with Crippen molar-refractivity contribution >= 4 is 33.3 Å². The van der Waals surface area contributed by atoms with Crippen molar-refractivity contribution in [2.75, 3.05) is 6.54 Å². The summed E-state index contributed by atoms with van der Waals surface area (Å²) >= 11 is 0. The van der Waals surface area contributed by atoms with E-state index in [9.17, 15) is 4.79 Å². The van der Waals surface area contributed by atoms with E-state index in [4.69, 9.17) is 16.6 Å². The van der Waals surface area contributed by atoms with Crippen molar-refractivity contribution in [1.29, 1.82) is 0 Å². The molecule has 5 N–H and O–H groups in total. The van der Waals surface area contributed by atoms with Crippen LogP contribution in [-0.2, 0) is 4.79 Å². The minimum absolute atomic E-state index is 0. The predicted molar refractivity (Wildman–Crippen MR) is 42.4 cm³/mol. The fourth-order valence-corrected chi connectivity index (χ4v) is 0.461. The zero-order valence-corrected chi connectivity index (χ0v) is 11.4. The molecule has 0 aliphatic heterocycles. The fourth-order valence-electron chi connectivity index (χ4n) is 0.461. The maximum atomic E-state index is 10.0. The van der Waals surface area contributed by atoms with Crippen LogP contribution in [0, 0.1) is 0 Å². The third-order valence-corrected chi connectivity index (χ3v) is 1.04. The number of nitrogens with two attached hydrogens (primary N) is 2. The minimum atomic E-state index is -0.955. The van der Waals surface area contributed by atoms with Crippen molar-refractivity contribution in [3.8, 4) is 0 Å². The monoisotopic (exact) mass is 342 g/mol. The van der Waals surface area contributed by atoms with E-state index in [0.717, 1.165) is 0 Å². The molecule has 0 saturated carbocycles. The number of carboxylic acids is 1. The summed E-state index contributed by atoms with van der Waals surface area (Å²) in [4.78, 5) is 10.0. The summed E-state index contributed by atoms with van der Waals surface area (Å²) < 4.78 is 0. The molecule has 0 aliphatic carbocycles. The molecular weight excluding hydrogens is 327 g/mol. The van der Waals surface area contributed by atoms with Gasteiger partial charge in [-0.25, -0.2) is 0 Å². The molecule has 2 radical (unpaired) electrons. The Kier molecular flexibility index (Phi) is 9.60. The van der Waals surface area contributed by atoms with E-state index in [0.29, 0.717) is 19.4 Å². The van der Waals surface area contributed by atoms with E-state index >= 15 is 0 Å². The van der Waals surface area contributed by atoms with Gasteiger partial charge in [0.15, 0.2) is 0 Å². The maximum absolute atomic E-state index is 10.0. The normalized spacial score (nSPS) is 11.8. The van der Waals surface area contributed by atoms with Gasteiger partial charge in [0.1, 0.15) is 6.04 Å². The molecule has 4 nitrogen and oxygen atoms in total. The Morgan fingerprint density at radius 1 is 1.60 bits per heavy atom. The second kappa shape index (κ2) is 7.42. The van der Waals surface area contributed by atoms with E-state index in [1.807, 2.05) is 0 Å². The summed E-state index contributed by atoms with van der Waals surface area (Å²) in [5, 5.41) is 8.24. The first-order valence-electron chi connectivity index (χ1n) is 2.87. The van der Waals surface area contributed by atoms with Gasteiger partial charge in [-0.05, 0) is 19.4 Å². The molecule has 10 heavy (non-hydrogen) atoms. The predicted octanol–water partition coefficient (Wildman–Crippen LogP) is -1.78. The Morgan fingerprint density at radius 2 is 2.10 bits per heavy atom. The number of hydrogen-bond donors (Lipinski definition) is 3. The second-order valence-electron chi connectivity index (χ2n) is 1.88. The number of rotatable bonds is 4. The molecule has 0 fully saturated rings. The van der Waals surface area contributed by atoms with E-state index in [-0.39, 0.29) is 27.3 Å². The Bertz CT molecular complexity index is 99.6. The third kappa shape index (κ3) is 6.43. The zero-order chi connectivity index (χ0) is 7.28. The van der Waals surface area contributed by atoms with Crippen LogP contribution in [-0.4, -0.2) is 51.0 Å². The van der Waals surface area contributed by atoms with Gasteiger partial charge < -0.3 is 16.6 Å². The van der Waals surface area contributed by atoms with E-state index in [1.165, 1.54) is 0 Å². The van der Waals surface area contributed by atoms with Crippen LogP contribution >= 0.6 is 0 Å². The van der Waals surface area contributed by atoms with Crippen molar-refractivity contribution in [3.63, 3.8) is 0 Å². The molecule has 1 atom stereocenters. The zero-order valence-electron chi connectivity index (χ0n) is 5.92. The summed E-state index contributed by atoms with van der Waals surface area (Å²) in [7, 11) is 0. The van der Waals surface area contributed by atoms with Crippen LogP contribution in [0.5, 0.6) is 0 Å². The van der Waals surface area contributed by atoms with Crippen molar-refractivity contribution in [1.82, 2.24) is 0 Å². The molecule has 0 bridgehead atoms. The van der Waals surface area contributed by atoms with E-state index < -0.39 is 12.0 Å². The molecule has 0 aliphatic rings. The molecule has 0 aromatic carbocycles. The van der Waals surface area contributed by atoms with Crippen LogP contribution in [0.25, 0.3) is 0 Å². The standard InChI is InChI=1S/C5H12N2O2.Pb.2H/c6-3-1-2-4(7)5(8)9;;;/h4H,1-3,6-7H2,(H,8,9);;;. The number of hydrogen-bond acceptors (Lipinski definition) is 3. The average Bonchev–Trinajstić information content (AvgIpc) is 1.82. The van der Waals surface area contributed by atoms with Gasteiger partial charge in [-0.3, -0.25) is 4.79 Å². The molecular formula is C5H14N2O2Pb. The summed E-state index contributed by atoms with van der Waals surface area (Å²) in [6, 6.07) is -0.742. The molecule has 60 valence electrons. The third-order valence-electron chi connectivity index (χ3n) is 1.04. The SMILES string of the molecule is NCCCC(N)C(=O)O.[PbH2]. The Labute approximate surface area is 80.1 Å². The number of carbonyl (C=O) groups is 1. The fraction of sp³-hybridized carbons (Fsp3) is 0.800. The molecule has 0 saturated heterocycles. The number of aliphatic carboxylic acids is 1. The van der Waals surface area contributed by atoms with Gasteiger partial charge in [-0.2, -0.15) is 0 Å². The molecule has 0 heterocycles. The van der Waals surface area contributed by atoms with Gasteiger partial charge in [0.25, 0.3) is 0 Å². The Morgan fingerprint density at radius 3 is 2.40 bits per heavy atom. The summed E-state index contributed by atoms with van der Waals surface area (Å²) in [6.45, 7) is 0.501. The van der Waals surface area contributed by atoms with Crippen molar-refractivity contribution in [3.05, 3.63) is 0 Å². The molecule has 0 amide bonds. The van der Waals surface area contributed by atoms with E-state index in [2.05, 4.69) is 0 Å². The first-order valence-corrected chi connectivity index (χ1v) is 2.87. The van der Waals surface area contributed by atoms with Crippen LogP contribution in [0.2, 0.25) is 0 Å². The molecule has 0 rings (SSSR count). The second-order valence-corrected chi connectivity index (χ2v) is 1.88. The summed E-state index contributed by atoms with van der Waals surface area (Å²) in [5.74, 6) is -0.955. The molecule has 5 heteroatoms. The average molecular weight is 341 g/mol. The van der Waals surface area contributed by atoms with Gasteiger partial charge in [-0.1, -0.05) is 0 Å². The molecule has 1 unspecified atom stereocenters. The van der Waals surface area contributed by atoms with Gasteiger partial charge >= 0.3 is 33.3 Å². The Hall–Kier alpha value is 0.312. The van der Waals surface area contributed by atoms with Crippen molar-refractivity contribution in [2.24, 2.45) is 11.5 Å². The summed E-state index contributed by atoms with van der Waals surface area (Å²) in [5.41, 5.74) is 10.3. The Balaban J connectivity index is 0. The van der Waals surface area contributed by atoms with Gasteiger partial charge in [-0.15, -0.1) is 0 Å². The van der Waals surface area contributed by atoms with Crippen molar-refractivity contribution < 1.29 is 9.90 Å². The first-order chi connectivity index (χ1) is 4.18. The van der Waals surface area contributed by atoms with Crippen molar-refractivity contribution in [2.45, 2.75) is 18.9 Å².